The van der Waals surface area contributed by atoms with Gasteiger partial charge in [0.25, 0.3) is 0 Å². The van der Waals surface area contributed by atoms with Crippen molar-refractivity contribution in [3.8, 4) is 0 Å². The molecular formula is C19H19N3. The number of rotatable bonds is 2. The molecule has 110 valence electrons. The summed E-state index contributed by atoms with van der Waals surface area (Å²) in [5.74, 6) is 0. The summed E-state index contributed by atoms with van der Waals surface area (Å²) in [5.41, 5.74) is 5.40. The standard InChI is InChI=1S/C19H19N3/c1-21-12-9-19-17(14-21)16-4-2-3-5-18(16)22(19)13-8-15-6-10-20-11-7-15/h2-8,10-11,13H,9,12,14H2,1H3/b13-8+. The molecule has 0 radical (unpaired) electrons. The van der Waals surface area contributed by atoms with Crippen molar-refractivity contribution in [2.75, 3.05) is 13.6 Å². The lowest BCUT2D eigenvalue weighted by Crippen LogP contribution is -2.26. The van der Waals surface area contributed by atoms with E-state index in [0.717, 1.165) is 19.5 Å². The maximum Gasteiger partial charge on any atom is 0.0528 e. The van der Waals surface area contributed by atoms with Crippen molar-refractivity contribution in [2.45, 2.75) is 13.0 Å². The predicted molar refractivity (Wildman–Crippen MR) is 91.4 cm³/mol. The van der Waals surface area contributed by atoms with Gasteiger partial charge in [-0.05, 0) is 42.4 Å². The minimum atomic E-state index is 1.03. The van der Waals surface area contributed by atoms with Gasteiger partial charge in [-0.1, -0.05) is 18.2 Å². The summed E-state index contributed by atoms with van der Waals surface area (Å²) in [4.78, 5) is 6.47. The Balaban J connectivity index is 1.85. The molecule has 0 N–H and O–H groups in total. The van der Waals surface area contributed by atoms with Crippen LogP contribution in [0.25, 0.3) is 23.2 Å². The topological polar surface area (TPSA) is 21.1 Å². The molecule has 4 rings (SSSR count). The molecule has 22 heavy (non-hydrogen) atoms. The third kappa shape index (κ3) is 2.24. The fourth-order valence-electron chi connectivity index (χ4n) is 3.28. The first-order valence-corrected chi connectivity index (χ1v) is 7.70. The first-order chi connectivity index (χ1) is 10.8. The van der Waals surface area contributed by atoms with Crippen LogP contribution in [-0.2, 0) is 13.0 Å². The van der Waals surface area contributed by atoms with Gasteiger partial charge in [-0.25, -0.2) is 0 Å². The number of pyridine rings is 1. The number of fused-ring (bicyclic) bond motifs is 3. The summed E-state index contributed by atoms with van der Waals surface area (Å²) >= 11 is 0. The molecule has 3 nitrogen and oxygen atoms in total. The van der Waals surface area contributed by atoms with E-state index in [1.54, 1.807) is 0 Å². The molecule has 3 heteroatoms. The van der Waals surface area contributed by atoms with Gasteiger partial charge in [0.15, 0.2) is 0 Å². The monoisotopic (exact) mass is 289 g/mol. The van der Waals surface area contributed by atoms with E-state index in [1.807, 2.05) is 24.5 Å². The second-order valence-electron chi connectivity index (χ2n) is 5.90. The number of aromatic nitrogens is 2. The number of nitrogens with zero attached hydrogens (tertiary/aromatic N) is 3. The normalized spacial score (nSPS) is 15.5. The molecular weight excluding hydrogens is 270 g/mol. The molecule has 0 aliphatic carbocycles. The van der Waals surface area contributed by atoms with E-state index in [9.17, 15) is 0 Å². The largest absolute Gasteiger partial charge is 0.320 e. The van der Waals surface area contributed by atoms with Crippen LogP contribution in [0.3, 0.4) is 0 Å². The Labute approximate surface area is 130 Å². The summed E-state index contributed by atoms with van der Waals surface area (Å²) in [5, 5.41) is 1.38. The molecule has 2 aromatic heterocycles. The van der Waals surface area contributed by atoms with Gasteiger partial charge in [-0.3, -0.25) is 4.98 Å². The maximum atomic E-state index is 4.07. The Morgan fingerprint density at radius 1 is 1.09 bits per heavy atom. The van der Waals surface area contributed by atoms with Crippen molar-refractivity contribution in [2.24, 2.45) is 0 Å². The lowest BCUT2D eigenvalue weighted by molar-refractivity contribution is 0.312. The lowest BCUT2D eigenvalue weighted by atomic mass is 10.1. The van der Waals surface area contributed by atoms with Gasteiger partial charge in [-0.15, -0.1) is 0 Å². The zero-order chi connectivity index (χ0) is 14.9. The second kappa shape index (κ2) is 5.43. The Morgan fingerprint density at radius 3 is 2.77 bits per heavy atom. The van der Waals surface area contributed by atoms with Crippen LogP contribution in [0.5, 0.6) is 0 Å². The Morgan fingerprint density at radius 2 is 1.91 bits per heavy atom. The molecule has 0 bridgehead atoms. The van der Waals surface area contributed by atoms with Gasteiger partial charge in [0, 0.05) is 49.2 Å². The third-order valence-electron chi connectivity index (χ3n) is 4.41. The van der Waals surface area contributed by atoms with Crippen LogP contribution in [0.4, 0.5) is 0 Å². The maximum absolute atomic E-state index is 4.07. The van der Waals surface area contributed by atoms with Crippen molar-refractivity contribution in [1.29, 1.82) is 0 Å². The van der Waals surface area contributed by atoms with E-state index < -0.39 is 0 Å². The van der Waals surface area contributed by atoms with Crippen molar-refractivity contribution in [3.63, 3.8) is 0 Å². The minimum Gasteiger partial charge on any atom is -0.320 e. The van der Waals surface area contributed by atoms with E-state index in [4.69, 9.17) is 0 Å². The SMILES string of the molecule is CN1CCc2c(c3ccccc3n2/C=C/c2ccncc2)C1. The molecule has 1 aliphatic rings. The second-order valence-corrected chi connectivity index (χ2v) is 5.90. The minimum absolute atomic E-state index is 1.03. The molecule has 0 spiro atoms. The molecule has 0 amide bonds. The van der Waals surface area contributed by atoms with Gasteiger partial charge in [0.05, 0.1) is 5.52 Å². The molecule has 0 fully saturated rings. The smallest absolute Gasteiger partial charge is 0.0528 e. The fourth-order valence-corrected chi connectivity index (χ4v) is 3.28. The Bertz CT molecular complexity index is 831. The highest BCUT2D eigenvalue weighted by Crippen LogP contribution is 2.30. The Hall–Kier alpha value is -2.39. The summed E-state index contributed by atoms with van der Waals surface area (Å²) in [6, 6.07) is 12.8. The van der Waals surface area contributed by atoms with Crippen LogP contribution >= 0.6 is 0 Å². The zero-order valence-corrected chi connectivity index (χ0v) is 12.7. The number of hydrogen-bond acceptors (Lipinski definition) is 2. The number of hydrogen-bond donors (Lipinski definition) is 0. The van der Waals surface area contributed by atoms with Crippen LogP contribution in [0, 0.1) is 0 Å². The summed E-state index contributed by atoms with van der Waals surface area (Å²) in [6.07, 6.45) is 9.12. The number of likely N-dealkylation sites (N-methyl/N-ethyl adjacent to an activating group) is 1. The first-order valence-electron chi connectivity index (χ1n) is 7.70. The summed E-state index contributed by atoms with van der Waals surface area (Å²) in [6.45, 7) is 2.15. The highest BCUT2D eigenvalue weighted by Gasteiger charge is 2.20. The highest BCUT2D eigenvalue weighted by atomic mass is 15.1. The van der Waals surface area contributed by atoms with Crippen LogP contribution in [-0.4, -0.2) is 28.0 Å². The van der Waals surface area contributed by atoms with Crippen LogP contribution in [0.2, 0.25) is 0 Å². The molecule has 3 heterocycles. The average Bonchev–Trinajstić information content (AvgIpc) is 2.87. The van der Waals surface area contributed by atoms with Gasteiger partial charge >= 0.3 is 0 Å². The van der Waals surface area contributed by atoms with E-state index in [1.165, 1.54) is 27.7 Å². The average molecular weight is 289 g/mol. The fraction of sp³-hybridized carbons (Fsp3) is 0.211. The zero-order valence-electron chi connectivity index (χ0n) is 12.7. The van der Waals surface area contributed by atoms with Gasteiger partial charge in [-0.2, -0.15) is 0 Å². The molecule has 0 saturated heterocycles. The molecule has 1 aromatic carbocycles. The Kier molecular flexibility index (Phi) is 3.28. The third-order valence-corrected chi connectivity index (χ3v) is 4.41. The molecule has 0 saturated carbocycles. The van der Waals surface area contributed by atoms with Crippen molar-refractivity contribution in [1.82, 2.24) is 14.5 Å². The molecule has 1 aliphatic heterocycles. The highest BCUT2D eigenvalue weighted by molar-refractivity contribution is 5.88. The van der Waals surface area contributed by atoms with E-state index in [-0.39, 0.29) is 0 Å². The molecule has 0 atom stereocenters. The molecule has 0 unspecified atom stereocenters. The number of para-hydroxylation sites is 1. The van der Waals surface area contributed by atoms with Gasteiger partial charge in [0.2, 0.25) is 0 Å². The predicted octanol–water partition coefficient (Wildman–Crippen LogP) is 3.65. The van der Waals surface area contributed by atoms with Crippen LogP contribution in [0.15, 0.2) is 48.8 Å². The molecule has 3 aromatic rings. The quantitative estimate of drug-likeness (QED) is 0.718. The lowest BCUT2D eigenvalue weighted by Gasteiger charge is -2.23. The summed E-state index contributed by atoms with van der Waals surface area (Å²) < 4.78 is 2.36. The van der Waals surface area contributed by atoms with Crippen molar-refractivity contribution < 1.29 is 0 Å². The van der Waals surface area contributed by atoms with Crippen molar-refractivity contribution >= 4 is 23.2 Å². The first kappa shape index (κ1) is 13.3. The van der Waals surface area contributed by atoms with Gasteiger partial charge in [0.1, 0.15) is 0 Å². The van der Waals surface area contributed by atoms with E-state index in [0.29, 0.717) is 0 Å². The van der Waals surface area contributed by atoms with Crippen molar-refractivity contribution in [3.05, 3.63) is 65.6 Å². The van der Waals surface area contributed by atoms with E-state index in [2.05, 4.69) is 58.0 Å². The number of benzene rings is 1. The summed E-state index contributed by atoms with van der Waals surface area (Å²) in [7, 11) is 2.20. The van der Waals surface area contributed by atoms with E-state index >= 15 is 0 Å². The van der Waals surface area contributed by atoms with Crippen LogP contribution in [0.1, 0.15) is 16.8 Å². The van der Waals surface area contributed by atoms with Crippen LogP contribution < -0.4 is 0 Å². The van der Waals surface area contributed by atoms with Gasteiger partial charge < -0.3 is 9.47 Å².